The summed E-state index contributed by atoms with van der Waals surface area (Å²) in [5.74, 6) is 0.426. The quantitative estimate of drug-likeness (QED) is 0.156. The van der Waals surface area contributed by atoms with Gasteiger partial charge < -0.3 is 20.7 Å². The van der Waals surface area contributed by atoms with E-state index >= 15 is 0 Å². The number of benzene rings is 1. The van der Waals surface area contributed by atoms with Crippen molar-refractivity contribution in [2.75, 3.05) is 11.9 Å². The number of amides is 1. The normalized spacial score (nSPS) is 12.1. The van der Waals surface area contributed by atoms with Gasteiger partial charge in [0.15, 0.2) is 5.11 Å². The third-order valence-electron chi connectivity index (χ3n) is 4.00. The second-order valence-corrected chi connectivity index (χ2v) is 10.2. The number of thiocarbonyl (C=S) groups is 1. The van der Waals surface area contributed by atoms with E-state index in [1.807, 2.05) is 24.3 Å². The summed E-state index contributed by atoms with van der Waals surface area (Å²) in [4.78, 5) is 12.8. The van der Waals surface area contributed by atoms with Crippen LogP contribution in [0.25, 0.3) is 0 Å². The Morgan fingerprint density at radius 2 is 1.87 bits per heavy atom. The van der Waals surface area contributed by atoms with Crippen LogP contribution in [-0.4, -0.2) is 27.6 Å². The molecule has 10 heteroatoms. The second kappa shape index (κ2) is 12.6. The van der Waals surface area contributed by atoms with E-state index in [0.29, 0.717) is 11.5 Å². The lowest BCUT2D eigenvalue weighted by Gasteiger charge is -2.27. The lowest BCUT2D eigenvalue weighted by Crippen LogP contribution is -2.56. The Balaban J connectivity index is 1.86. The minimum Gasteiger partial charge on any atom is -0.494 e. The number of carbonyl (C=O) groups excluding carboxylic acids is 1. The predicted octanol–water partition coefficient (Wildman–Crippen LogP) is 6.12. The largest absolute Gasteiger partial charge is 0.494 e. The Hall–Kier alpha value is -1.25. The van der Waals surface area contributed by atoms with Crippen LogP contribution in [0.3, 0.4) is 0 Å². The molecule has 0 aliphatic rings. The van der Waals surface area contributed by atoms with Crippen LogP contribution in [0.1, 0.15) is 42.3 Å². The van der Waals surface area contributed by atoms with Crippen molar-refractivity contribution in [1.29, 1.82) is 0 Å². The van der Waals surface area contributed by atoms with E-state index in [2.05, 4.69) is 22.9 Å². The standard InChI is InChI=1S/C20H24Cl3N3O2S2/c1-2-3-4-5-12-28-15-10-8-14(9-11-15)24-19(29)26-18(20(21,22)23)25-17(27)16-7-6-13-30-16/h6-11,13,18H,2-5,12H2,1H3,(H,25,27)(H2,24,26,29). The summed E-state index contributed by atoms with van der Waals surface area (Å²) in [6, 6.07) is 10.8. The van der Waals surface area contributed by atoms with E-state index in [9.17, 15) is 4.79 Å². The fraction of sp³-hybridized carbons (Fsp3) is 0.400. The molecule has 0 bridgehead atoms. The summed E-state index contributed by atoms with van der Waals surface area (Å²) >= 11 is 24.6. The molecule has 0 aliphatic heterocycles. The number of halogens is 3. The van der Waals surface area contributed by atoms with E-state index in [1.54, 1.807) is 17.5 Å². The first-order chi connectivity index (χ1) is 14.3. The van der Waals surface area contributed by atoms with Gasteiger partial charge in [0.05, 0.1) is 11.5 Å². The number of carbonyl (C=O) groups is 1. The molecule has 5 nitrogen and oxygen atoms in total. The van der Waals surface area contributed by atoms with Crippen LogP contribution < -0.4 is 20.7 Å². The van der Waals surface area contributed by atoms with Crippen molar-refractivity contribution < 1.29 is 9.53 Å². The zero-order valence-corrected chi connectivity index (χ0v) is 20.3. The van der Waals surface area contributed by atoms with Gasteiger partial charge in [-0.05, 0) is 54.4 Å². The van der Waals surface area contributed by atoms with Gasteiger partial charge in [-0.25, -0.2) is 0 Å². The van der Waals surface area contributed by atoms with Gasteiger partial charge in [-0.1, -0.05) is 67.1 Å². The zero-order valence-electron chi connectivity index (χ0n) is 16.4. The molecule has 2 aromatic rings. The van der Waals surface area contributed by atoms with Crippen molar-refractivity contribution in [3.63, 3.8) is 0 Å². The average molecular weight is 509 g/mol. The van der Waals surface area contributed by atoms with Crippen LogP contribution in [0.2, 0.25) is 0 Å². The number of anilines is 1. The van der Waals surface area contributed by atoms with Crippen molar-refractivity contribution in [2.24, 2.45) is 0 Å². The van der Waals surface area contributed by atoms with Crippen molar-refractivity contribution in [2.45, 2.75) is 42.6 Å². The van der Waals surface area contributed by atoms with Gasteiger partial charge in [-0.15, -0.1) is 11.3 Å². The topological polar surface area (TPSA) is 62.4 Å². The molecule has 1 unspecified atom stereocenters. The first-order valence-corrected chi connectivity index (χ1v) is 11.9. The molecule has 0 saturated carbocycles. The minimum absolute atomic E-state index is 0.200. The molecule has 1 aromatic heterocycles. The number of rotatable bonds is 10. The van der Waals surface area contributed by atoms with Gasteiger partial charge in [0.1, 0.15) is 11.9 Å². The third-order valence-corrected chi connectivity index (χ3v) is 5.75. The lowest BCUT2D eigenvalue weighted by atomic mass is 10.2. The van der Waals surface area contributed by atoms with Gasteiger partial charge in [0, 0.05) is 5.69 Å². The van der Waals surface area contributed by atoms with Gasteiger partial charge >= 0.3 is 0 Å². The molecule has 0 radical (unpaired) electrons. The number of unbranched alkanes of at least 4 members (excludes halogenated alkanes) is 3. The fourth-order valence-electron chi connectivity index (χ4n) is 2.46. The molecule has 0 spiro atoms. The first-order valence-electron chi connectivity index (χ1n) is 9.51. The molecule has 0 aliphatic carbocycles. The van der Waals surface area contributed by atoms with Crippen LogP contribution in [-0.2, 0) is 0 Å². The highest BCUT2D eigenvalue weighted by Gasteiger charge is 2.35. The maximum absolute atomic E-state index is 12.3. The summed E-state index contributed by atoms with van der Waals surface area (Å²) < 4.78 is 3.91. The number of alkyl halides is 3. The molecule has 0 fully saturated rings. The molecule has 1 heterocycles. The predicted molar refractivity (Wildman–Crippen MR) is 131 cm³/mol. The van der Waals surface area contributed by atoms with Crippen LogP contribution in [0, 0.1) is 0 Å². The van der Waals surface area contributed by atoms with E-state index in [-0.39, 0.29) is 11.0 Å². The first kappa shape index (κ1) is 25.0. The number of ether oxygens (including phenoxy) is 1. The highest BCUT2D eigenvalue weighted by Crippen LogP contribution is 2.29. The van der Waals surface area contributed by atoms with Crippen LogP contribution in [0.5, 0.6) is 5.75 Å². The number of thiophene rings is 1. The average Bonchev–Trinajstić information content (AvgIpc) is 3.23. The minimum atomic E-state index is -1.81. The Morgan fingerprint density at radius 3 is 2.47 bits per heavy atom. The van der Waals surface area contributed by atoms with E-state index < -0.39 is 9.96 Å². The maximum atomic E-state index is 12.3. The van der Waals surface area contributed by atoms with Crippen molar-refractivity contribution in [3.05, 3.63) is 46.7 Å². The van der Waals surface area contributed by atoms with Crippen LogP contribution >= 0.6 is 58.4 Å². The Morgan fingerprint density at radius 1 is 1.13 bits per heavy atom. The van der Waals surface area contributed by atoms with E-state index in [0.717, 1.165) is 17.9 Å². The molecule has 1 atom stereocenters. The molecular weight excluding hydrogens is 485 g/mol. The van der Waals surface area contributed by atoms with Crippen molar-refractivity contribution >= 4 is 75.1 Å². The molecule has 2 rings (SSSR count). The SMILES string of the molecule is CCCCCCOc1ccc(NC(=S)NC(NC(=O)c2cccs2)C(Cl)(Cl)Cl)cc1. The smallest absolute Gasteiger partial charge is 0.263 e. The van der Waals surface area contributed by atoms with Crippen LogP contribution in [0.4, 0.5) is 5.69 Å². The molecule has 0 saturated heterocycles. The Labute approximate surface area is 201 Å². The Bertz CT molecular complexity index is 797. The Kier molecular flexibility index (Phi) is 10.5. The van der Waals surface area contributed by atoms with Crippen molar-refractivity contribution in [3.8, 4) is 5.75 Å². The van der Waals surface area contributed by atoms with Crippen molar-refractivity contribution in [1.82, 2.24) is 10.6 Å². The highest BCUT2D eigenvalue weighted by molar-refractivity contribution is 7.80. The molecule has 164 valence electrons. The number of hydrogen-bond acceptors (Lipinski definition) is 4. The van der Waals surface area contributed by atoms with Gasteiger partial charge in [0.2, 0.25) is 3.79 Å². The summed E-state index contributed by atoms with van der Waals surface area (Å²) in [7, 11) is 0. The van der Waals surface area contributed by atoms with Gasteiger partial charge in [-0.3, -0.25) is 4.79 Å². The lowest BCUT2D eigenvalue weighted by molar-refractivity contribution is 0.0938. The summed E-state index contributed by atoms with van der Waals surface area (Å²) in [5.41, 5.74) is 0.735. The number of nitrogens with one attached hydrogen (secondary N) is 3. The molecule has 1 amide bonds. The maximum Gasteiger partial charge on any atom is 0.263 e. The molecule has 3 N–H and O–H groups in total. The van der Waals surface area contributed by atoms with Gasteiger partial charge in [0.25, 0.3) is 5.91 Å². The second-order valence-electron chi connectivity index (χ2n) is 6.46. The number of hydrogen-bond donors (Lipinski definition) is 3. The molecule has 30 heavy (non-hydrogen) atoms. The zero-order chi connectivity index (χ0) is 22.0. The molecule has 1 aromatic carbocycles. The fourth-order valence-corrected chi connectivity index (χ4v) is 3.65. The van der Waals surface area contributed by atoms with E-state index in [1.165, 1.54) is 30.6 Å². The van der Waals surface area contributed by atoms with E-state index in [4.69, 9.17) is 51.8 Å². The summed E-state index contributed by atoms with van der Waals surface area (Å²) in [5, 5.41) is 10.5. The summed E-state index contributed by atoms with van der Waals surface area (Å²) in [6.07, 6.45) is 3.61. The summed E-state index contributed by atoms with van der Waals surface area (Å²) in [6.45, 7) is 2.88. The highest BCUT2D eigenvalue weighted by atomic mass is 35.6. The molecular formula is C20H24Cl3N3O2S2. The van der Waals surface area contributed by atoms with Crippen LogP contribution in [0.15, 0.2) is 41.8 Å². The third kappa shape index (κ3) is 8.86. The van der Waals surface area contributed by atoms with Gasteiger partial charge in [-0.2, -0.15) is 0 Å². The monoisotopic (exact) mass is 507 g/mol.